The fraction of sp³-hybridized carbons (Fsp3) is 0.682. The molecule has 1 aromatic carbocycles. The first-order valence-electron chi connectivity index (χ1n) is 10.6. The molecule has 3 fully saturated rings. The second kappa shape index (κ2) is 7.59. The van der Waals surface area contributed by atoms with Crippen LogP contribution < -0.4 is 15.5 Å². The summed E-state index contributed by atoms with van der Waals surface area (Å²) >= 11 is 0. The smallest absolute Gasteiger partial charge is 0.319 e. The van der Waals surface area contributed by atoms with E-state index in [4.69, 9.17) is 0 Å². The molecule has 4 nitrogen and oxygen atoms in total. The van der Waals surface area contributed by atoms with Gasteiger partial charge in [0.2, 0.25) is 0 Å². The lowest BCUT2D eigenvalue weighted by Crippen LogP contribution is -3.21. The maximum Gasteiger partial charge on any atom is 0.319 e. The molecule has 142 valence electrons. The molecule has 4 rings (SSSR count). The zero-order valence-corrected chi connectivity index (χ0v) is 16.3. The maximum atomic E-state index is 12.4. The number of hydrogen-bond acceptors (Lipinski definition) is 1. The molecule has 2 saturated heterocycles. The van der Waals surface area contributed by atoms with E-state index in [1.54, 1.807) is 0 Å². The number of amides is 2. The summed E-state index contributed by atoms with van der Waals surface area (Å²) in [5.41, 5.74) is 2.18. The van der Waals surface area contributed by atoms with Crippen LogP contribution in [-0.2, 0) is 0 Å². The molecular weight excluding hydrogens is 322 g/mol. The number of quaternary nitrogens is 1. The van der Waals surface area contributed by atoms with Crippen molar-refractivity contribution in [3.63, 3.8) is 0 Å². The Morgan fingerprint density at radius 3 is 2.15 bits per heavy atom. The van der Waals surface area contributed by atoms with E-state index in [9.17, 15) is 4.79 Å². The SMILES string of the molecule is CC(C)c1ccc(NC(=O)NC2C[C@H]3CC[C@@H](C2)[NH+]3C2CCCC2)cc1. The maximum absolute atomic E-state index is 12.4. The van der Waals surface area contributed by atoms with E-state index in [1.807, 2.05) is 17.0 Å². The zero-order valence-electron chi connectivity index (χ0n) is 16.3. The molecule has 3 N–H and O–H groups in total. The highest BCUT2D eigenvalue weighted by Crippen LogP contribution is 2.27. The van der Waals surface area contributed by atoms with Crippen LogP contribution in [0.1, 0.15) is 76.7 Å². The Morgan fingerprint density at radius 2 is 1.58 bits per heavy atom. The van der Waals surface area contributed by atoms with E-state index in [2.05, 4.69) is 36.6 Å². The average Bonchev–Trinajstić information content (AvgIpc) is 3.21. The average molecular weight is 357 g/mol. The second-order valence-corrected chi connectivity index (χ2v) is 9.00. The van der Waals surface area contributed by atoms with Gasteiger partial charge in [-0.25, -0.2) is 4.79 Å². The highest BCUT2D eigenvalue weighted by molar-refractivity contribution is 5.89. The molecule has 2 heterocycles. The Balaban J connectivity index is 1.30. The van der Waals surface area contributed by atoms with Crippen LogP contribution in [0.3, 0.4) is 0 Å². The molecular formula is C22H34N3O+. The Kier molecular flexibility index (Phi) is 5.21. The standard InChI is InChI=1S/C22H33N3O/c1-15(2)16-7-9-17(10-8-16)23-22(26)24-18-13-20-11-12-21(14-18)25(20)19-5-3-4-6-19/h7-10,15,18-21H,3-6,11-14H2,1-2H3,(H2,23,24,26)/p+1/t18?,20-,21+. The molecule has 0 spiro atoms. The topological polar surface area (TPSA) is 45.6 Å². The Labute approximate surface area is 157 Å². The third-order valence-electron chi connectivity index (χ3n) is 6.94. The first kappa shape index (κ1) is 17.8. The van der Waals surface area contributed by atoms with Crippen LogP contribution in [0.15, 0.2) is 24.3 Å². The van der Waals surface area contributed by atoms with Crippen LogP contribution in [0.2, 0.25) is 0 Å². The molecule has 2 bridgehead atoms. The summed E-state index contributed by atoms with van der Waals surface area (Å²) in [6.07, 6.45) is 10.7. The van der Waals surface area contributed by atoms with Crippen molar-refractivity contribution in [2.75, 3.05) is 5.32 Å². The summed E-state index contributed by atoms with van der Waals surface area (Å²) in [5, 5.41) is 6.27. The molecule has 2 aliphatic heterocycles. The molecule has 1 aliphatic carbocycles. The van der Waals surface area contributed by atoms with E-state index in [0.29, 0.717) is 12.0 Å². The van der Waals surface area contributed by atoms with Crippen molar-refractivity contribution in [1.29, 1.82) is 0 Å². The second-order valence-electron chi connectivity index (χ2n) is 9.00. The van der Waals surface area contributed by atoms with Gasteiger partial charge < -0.3 is 15.5 Å². The summed E-state index contributed by atoms with van der Waals surface area (Å²) in [5.74, 6) is 0.515. The highest BCUT2D eigenvalue weighted by atomic mass is 16.2. The summed E-state index contributed by atoms with van der Waals surface area (Å²) in [6, 6.07) is 11.0. The quantitative estimate of drug-likeness (QED) is 0.760. The van der Waals surface area contributed by atoms with E-state index in [1.165, 1.54) is 44.1 Å². The van der Waals surface area contributed by atoms with Crippen LogP contribution >= 0.6 is 0 Å². The zero-order chi connectivity index (χ0) is 18.1. The lowest BCUT2D eigenvalue weighted by Gasteiger charge is -2.39. The van der Waals surface area contributed by atoms with Gasteiger partial charge in [-0.2, -0.15) is 0 Å². The molecule has 0 aromatic heterocycles. The number of anilines is 1. The van der Waals surface area contributed by atoms with Gasteiger partial charge in [-0.3, -0.25) is 0 Å². The van der Waals surface area contributed by atoms with Crippen LogP contribution in [0.25, 0.3) is 0 Å². The van der Waals surface area contributed by atoms with Crippen LogP contribution in [-0.4, -0.2) is 30.2 Å². The molecule has 4 heteroatoms. The number of fused-ring (bicyclic) bond motifs is 2. The summed E-state index contributed by atoms with van der Waals surface area (Å²) in [6.45, 7) is 4.37. The van der Waals surface area contributed by atoms with Gasteiger partial charge in [-0.1, -0.05) is 26.0 Å². The molecule has 2 amide bonds. The predicted octanol–water partition coefficient (Wildman–Crippen LogP) is 3.45. The van der Waals surface area contributed by atoms with Crippen molar-refractivity contribution >= 4 is 11.7 Å². The van der Waals surface area contributed by atoms with Gasteiger partial charge in [0.15, 0.2) is 0 Å². The van der Waals surface area contributed by atoms with Crippen molar-refractivity contribution in [1.82, 2.24) is 5.32 Å². The van der Waals surface area contributed by atoms with E-state index >= 15 is 0 Å². The number of rotatable bonds is 4. The number of piperidine rings is 1. The predicted molar refractivity (Wildman–Crippen MR) is 106 cm³/mol. The Bertz CT molecular complexity index is 607. The first-order valence-corrected chi connectivity index (χ1v) is 10.6. The third kappa shape index (κ3) is 3.75. The van der Waals surface area contributed by atoms with Crippen molar-refractivity contribution in [2.24, 2.45) is 0 Å². The summed E-state index contributed by atoms with van der Waals surface area (Å²) in [7, 11) is 0. The number of urea groups is 1. The van der Waals surface area contributed by atoms with Crippen molar-refractivity contribution in [3.8, 4) is 0 Å². The summed E-state index contributed by atoms with van der Waals surface area (Å²) < 4.78 is 0. The van der Waals surface area contributed by atoms with Crippen LogP contribution in [0.5, 0.6) is 0 Å². The number of carbonyl (C=O) groups is 1. The first-order chi connectivity index (χ1) is 12.6. The van der Waals surface area contributed by atoms with E-state index < -0.39 is 0 Å². The van der Waals surface area contributed by atoms with Gasteiger partial charge in [-0.15, -0.1) is 0 Å². The number of benzene rings is 1. The normalized spacial score (nSPS) is 31.3. The van der Waals surface area contributed by atoms with Gasteiger partial charge >= 0.3 is 6.03 Å². The highest BCUT2D eigenvalue weighted by Gasteiger charge is 2.48. The number of hydrogen-bond donors (Lipinski definition) is 3. The van der Waals surface area contributed by atoms with Gasteiger partial charge in [0.1, 0.15) is 0 Å². The van der Waals surface area contributed by atoms with Crippen LogP contribution in [0.4, 0.5) is 10.5 Å². The van der Waals surface area contributed by atoms with Gasteiger partial charge in [0.25, 0.3) is 0 Å². The number of nitrogens with one attached hydrogen (secondary N) is 3. The lowest BCUT2D eigenvalue weighted by atomic mass is 9.95. The molecule has 3 aliphatic rings. The molecule has 1 aromatic rings. The van der Waals surface area contributed by atoms with E-state index in [0.717, 1.165) is 36.7 Å². The third-order valence-corrected chi connectivity index (χ3v) is 6.94. The molecule has 2 unspecified atom stereocenters. The van der Waals surface area contributed by atoms with Gasteiger partial charge in [-0.05, 0) is 49.3 Å². The minimum absolute atomic E-state index is 0.0454. The molecule has 26 heavy (non-hydrogen) atoms. The fourth-order valence-electron chi connectivity index (χ4n) is 5.71. The minimum atomic E-state index is -0.0454. The van der Waals surface area contributed by atoms with Gasteiger partial charge in [0.05, 0.1) is 18.1 Å². The molecule has 4 atom stereocenters. The van der Waals surface area contributed by atoms with Crippen LogP contribution in [0, 0.1) is 0 Å². The summed E-state index contributed by atoms with van der Waals surface area (Å²) in [4.78, 5) is 14.3. The van der Waals surface area contributed by atoms with Crippen molar-refractivity contribution < 1.29 is 9.69 Å². The largest absolute Gasteiger partial charge is 0.335 e. The van der Waals surface area contributed by atoms with Crippen molar-refractivity contribution in [2.45, 2.75) is 95.3 Å². The minimum Gasteiger partial charge on any atom is -0.335 e. The van der Waals surface area contributed by atoms with E-state index in [-0.39, 0.29) is 6.03 Å². The number of carbonyl (C=O) groups excluding carboxylic acids is 1. The fourth-order valence-corrected chi connectivity index (χ4v) is 5.71. The molecule has 1 saturated carbocycles. The lowest BCUT2D eigenvalue weighted by molar-refractivity contribution is -0.964. The van der Waals surface area contributed by atoms with Crippen molar-refractivity contribution in [3.05, 3.63) is 29.8 Å². The van der Waals surface area contributed by atoms with Gasteiger partial charge in [0, 0.05) is 37.4 Å². The monoisotopic (exact) mass is 356 g/mol. The Hall–Kier alpha value is -1.55. The Morgan fingerprint density at radius 1 is 0.962 bits per heavy atom. The molecule has 0 radical (unpaired) electrons.